The van der Waals surface area contributed by atoms with E-state index in [9.17, 15) is 4.79 Å². The minimum Gasteiger partial charge on any atom is -0.496 e. The quantitative estimate of drug-likeness (QED) is 0.861. The molecule has 1 unspecified atom stereocenters. The summed E-state index contributed by atoms with van der Waals surface area (Å²) in [5, 5.41) is 6.83. The van der Waals surface area contributed by atoms with Crippen LogP contribution in [0, 0.1) is 0 Å². The highest BCUT2D eigenvalue weighted by Gasteiger charge is 2.27. The summed E-state index contributed by atoms with van der Waals surface area (Å²) in [5.41, 5.74) is 1.72. The molecule has 2 aromatic rings. The number of hydrogen-bond acceptors (Lipinski definition) is 4. The number of hydrogen-bond donors (Lipinski definition) is 2. The van der Waals surface area contributed by atoms with Crippen LogP contribution in [-0.4, -0.2) is 44.1 Å². The van der Waals surface area contributed by atoms with E-state index in [4.69, 9.17) is 16.3 Å². The number of carbonyl (C=O) groups excluding carboxylic acids is 1. The summed E-state index contributed by atoms with van der Waals surface area (Å²) in [6.07, 6.45) is 0. The Labute approximate surface area is 152 Å². The number of amides is 1. The zero-order valence-corrected chi connectivity index (χ0v) is 14.9. The molecule has 1 heterocycles. The number of halogens is 1. The van der Waals surface area contributed by atoms with Crippen molar-refractivity contribution in [3.05, 3.63) is 59.1 Å². The van der Waals surface area contributed by atoms with Crippen molar-refractivity contribution in [2.75, 3.05) is 38.6 Å². The molecule has 0 saturated carbocycles. The van der Waals surface area contributed by atoms with Gasteiger partial charge in [0.15, 0.2) is 0 Å². The van der Waals surface area contributed by atoms with Crippen molar-refractivity contribution in [3.8, 4) is 5.75 Å². The monoisotopic (exact) mass is 359 g/mol. The molecule has 2 aromatic carbocycles. The molecule has 3 rings (SSSR count). The van der Waals surface area contributed by atoms with Gasteiger partial charge in [0.25, 0.3) is 0 Å². The summed E-state index contributed by atoms with van der Waals surface area (Å²) in [7, 11) is 1.67. The third-order valence-corrected chi connectivity index (χ3v) is 4.68. The van der Waals surface area contributed by atoms with Crippen LogP contribution in [0.1, 0.15) is 11.6 Å². The van der Waals surface area contributed by atoms with Crippen LogP contribution >= 0.6 is 11.6 Å². The summed E-state index contributed by atoms with van der Waals surface area (Å²) in [4.78, 5) is 14.7. The van der Waals surface area contributed by atoms with Crippen molar-refractivity contribution in [2.45, 2.75) is 6.04 Å². The molecule has 1 aliphatic rings. The number of benzene rings is 2. The number of nitrogens with zero attached hydrogens (tertiary/aromatic N) is 1. The van der Waals surface area contributed by atoms with Crippen molar-refractivity contribution < 1.29 is 9.53 Å². The Morgan fingerprint density at radius 3 is 2.84 bits per heavy atom. The van der Waals surface area contributed by atoms with Gasteiger partial charge in [-0.1, -0.05) is 41.9 Å². The van der Waals surface area contributed by atoms with Crippen LogP contribution in [0.25, 0.3) is 0 Å². The molecule has 5 nitrogen and oxygen atoms in total. The van der Waals surface area contributed by atoms with Crippen molar-refractivity contribution >= 4 is 23.2 Å². The van der Waals surface area contributed by atoms with Crippen molar-refractivity contribution in [1.29, 1.82) is 0 Å². The van der Waals surface area contributed by atoms with E-state index in [1.807, 2.05) is 30.3 Å². The van der Waals surface area contributed by atoms with Crippen LogP contribution in [0.3, 0.4) is 0 Å². The zero-order chi connectivity index (χ0) is 17.6. The van der Waals surface area contributed by atoms with E-state index in [1.165, 1.54) is 0 Å². The van der Waals surface area contributed by atoms with E-state index in [0.29, 0.717) is 17.3 Å². The second kappa shape index (κ2) is 8.34. The van der Waals surface area contributed by atoms with Crippen molar-refractivity contribution in [3.63, 3.8) is 0 Å². The molecule has 25 heavy (non-hydrogen) atoms. The number of nitrogens with one attached hydrogen (secondary N) is 2. The average Bonchev–Trinajstić information content (AvgIpc) is 2.64. The molecule has 1 saturated heterocycles. The molecule has 1 amide bonds. The van der Waals surface area contributed by atoms with Crippen LogP contribution in [0.5, 0.6) is 5.75 Å². The van der Waals surface area contributed by atoms with Gasteiger partial charge >= 0.3 is 0 Å². The molecular formula is C19H22ClN3O2. The largest absolute Gasteiger partial charge is 0.496 e. The second-order valence-corrected chi connectivity index (χ2v) is 6.37. The first kappa shape index (κ1) is 17.7. The van der Waals surface area contributed by atoms with Gasteiger partial charge in [0.1, 0.15) is 5.75 Å². The summed E-state index contributed by atoms with van der Waals surface area (Å²) in [6, 6.07) is 15.3. The highest BCUT2D eigenvalue weighted by Crippen LogP contribution is 2.30. The van der Waals surface area contributed by atoms with Crippen LogP contribution in [0.4, 0.5) is 5.69 Å². The van der Waals surface area contributed by atoms with Gasteiger partial charge in [0.05, 0.1) is 30.4 Å². The van der Waals surface area contributed by atoms with E-state index in [-0.39, 0.29) is 11.9 Å². The number of anilines is 1. The molecule has 2 N–H and O–H groups in total. The summed E-state index contributed by atoms with van der Waals surface area (Å²) < 4.78 is 5.49. The van der Waals surface area contributed by atoms with Crippen LogP contribution in [0.2, 0.25) is 5.02 Å². The summed E-state index contributed by atoms with van der Waals surface area (Å²) in [6.45, 7) is 2.72. The van der Waals surface area contributed by atoms with Gasteiger partial charge < -0.3 is 15.4 Å². The molecule has 6 heteroatoms. The lowest BCUT2D eigenvalue weighted by molar-refractivity contribution is -0.118. The number of ether oxygens (including phenoxy) is 1. The summed E-state index contributed by atoms with van der Waals surface area (Å²) in [5.74, 6) is 0.766. The number of para-hydroxylation sites is 2. The lowest BCUT2D eigenvalue weighted by atomic mass is 10.0. The molecule has 0 aromatic heterocycles. The lowest BCUT2D eigenvalue weighted by Gasteiger charge is -2.36. The minimum atomic E-state index is -0.0742. The Kier molecular flexibility index (Phi) is 5.91. The summed E-state index contributed by atoms with van der Waals surface area (Å²) >= 11 is 6.12. The Balaban J connectivity index is 1.73. The van der Waals surface area contributed by atoms with E-state index in [1.54, 1.807) is 19.2 Å². The minimum absolute atomic E-state index is 0.0742. The van der Waals surface area contributed by atoms with Gasteiger partial charge in [-0.05, 0) is 18.2 Å². The maximum atomic E-state index is 12.5. The fraction of sp³-hybridized carbons (Fsp3) is 0.316. The first-order valence-corrected chi connectivity index (χ1v) is 8.69. The first-order valence-electron chi connectivity index (χ1n) is 8.31. The Morgan fingerprint density at radius 2 is 2.04 bits per heavy atom. The fourth-order valence-corrected chi connectivity index (χ4v) is 3.30. The molecule has 1 fully saturated rings. The zero-order valence-electron chi connectivity index (χ0n) is 14.2. The lowest BCUT2D eigenvalue weighted by Crippen LogP contribution is -2.48. The van der Waals surface area contributed by atoms with Gasteiger partial charge in [0, 0.05) is 25.2 Å². The maximum Gasteiger partial charge on any atom is 0.238 e. The van der Waals surface area contributed by atoms with E-state index >= 15 is 0 Å². The number of carbonyl (C=O) groups is 1. The predicted octanol–water partition coefficient (Wildman–Crippen LogP) is 2.93. The second-order valence-electron chi connectivity index (χ2n) is 5.96. The molecule has 132 valence electrons. The van der Waals surface area contributed by atoms with E-state index < -0.39 is 0 Å². The van der Waals surface area contributed by atoms with Gasteiger partial charge in [-0.25, -0.2) is 0 Å². The molecule has 0 bridgehead atoms. The van der Waals surface area contributed by atoms with E-state index in [0.717, 1.165) is 30.9 Å². The van der Waals surface area contributed by atoms with Crippen molar-refractivity contribution in [1.82, 2.24) is 10.2 Å². The van der Waals surface area contributed by atoms with Crippen LogP contribution in [-0.2, 0) is 4.79 Å². The topological polar surface area (TPSA) is 53.6 Å². The number of rotatable bonds is 5. The maximum absolute atomic E-state index is 12.5. The molecule has 1 atom stereocenters. The van der Waals surface area contributed by atoms with E-state index in [2.05, 4.69) is 21.6 Å². The van der Waals surface area contributed by atoms with Crippen molar-refractivity contribution in [2.24, 2.45) is 0 Å². The fourth-order valence-electron chi connectivity index (χ4n) is 3.12. The third kappa shape index (κ3) is 4.31. The Bertz CT molecular complexity index is 738. The van der Waals surface area contributed by atoms with Gasteiger partial charge in [-0.3, -0.25) is 9.69 Å². The molecule has 1 aliphatic heterocycles. The van der Waals surface area contributed by atoms with Crippen LogP contribution < -0.4 is 15.4 Å². The highest BCUT2D eigenvalue weighted by atomic mass is 35.5. The SMILES string of the molecule is COc1ccccc1C1CNCCN1CC(=O)Nc1ccccc1Cl. The average molecular weight is 360 g/mol. The molecular weight excluding hydrogens is 338 g/mol. The van der Waals surface area contributed by atoms with Crippen LogP contribution in [0.15, 0.2) is 48.5 Å². The Hall–Kier alpha value is -2.08. The molecule has 0 radical (unpaired) electrons. The Morgan fingerprint density at radius 1 is 1.28 bits per heavy atom. The normalized spacial score (nSPS) is 17.9. The number of piperazine rings is 1. The smallest absolute Gasteiger partial charge is 0.238 e. The van der Waals surface area contributed by atoms with Gasteiger partial charge in [-0.2, -0.15) is 0 Å². The highest BCUT2D eigenvalue weighted by molar-refractivity contribution is 6.33. The number of methoxy groups -OCH3 is 1. The standard InChI is InChI=1S/C19H22ClN3O2/c1-25-18-9-5-2-6-14(18)17-12-21-10-11-23(17)13-19(24)22-16-8-4-3-7-15(16)20/h2-9,17,21H,10-13H2,1H3,(H,22,24). The predicted molar refractivity (Wildman–Crippen MR) is 100 cm³/mol. The first-order chi connectivity index (χ1) is 12.2. The van der Waals surface area contributed by atoms with Gasteiger partial charge in [0.2, 0.25) is 5.91 Å². The molecule has 0 spiro atoms. The van der Waals surface area contributed by atoms with Gasteiger partial charge in [-0.15, -0.1) is 0 Å². The third-order valence-electron chi connectivity index (χ3n) is 4.35. The molecule has 0 aliphatic carbocycles.